The number of amides is 1. The van der Waals surface area contributed by atoms with Gasteiger partial charge in [0.05, 0.1) is 28.7 Å². The summed E-state index contributed by atoms with van der Waals surface area (Å²) < 4.78 is 56.9. The molecule has 0 N–H and O–H groups in total. The van der Waals surface area contributed by atoms with Gasteiger partial charge in [-0.25, -0.2) is 9.37 Å². The summed E-state index contributed by atoms with van der Waals surface area (Å²) in [6.07, 6.45) is 0.0436. The van der Waals surface area contributed by atoms with Crippen molar-refractivity contribution in [3.8, 4) is 0 Å². The lowest BCUT2D eigenvalue weighted by atomic mass is 10.0. The van der Waals surface area contributed by atoms with Crippen LogP contribution in [0.5, 0.6) is 0 Å². The maximum Gasteiger partial charge on any atom is 0.417 e. The van der Waals surface area contributed by atoms with Crippen LogP contribution in [0.4, 0.5) is 17.6 Å². The molecule has 0 atom stereocenters. The van der Waals surface area contributed by atoms with Gasteiger partial charge >= 0.3 is 6.18 Å². The largest absolute Gasteiger partial charge is 0.417 e. The average molecular weight is 476 g/mol. The first-order valence-corrected chi connectivity index (χ1v) is 11.8. The van der Waals surface area contributed by atoms with E-state index in [-0.39, 0.29) is 24.1 Å². The molecule has 4 nitrogen and oxygen atoms in total. The smallest absolute Gasteiger partial charge is 0.331 e. The van der Waals surface area contributed by atoms with Crippen LogP contribution in [0.2, 0.25) is 0 Å². The molecule has 1 saturated carbocycles. The zero-order chi connectivity index (χ0) is 24.5. The lowest BCUT2D eigenvalue weighted by molar-refractivity contribution is -0.138. The monoisotopic (exact) mass is 475 g/mol. The van der Waals surface area contributed by atoms with Crippen LogP contribution >= 0.6 is 0 Å². The lowest BCUT2D eigenvalue weighted by Crippen LogP contribution is -2.34. The molecule has 0 bridgehead atoms. The van der Waals surface area contributed by atoms with Crippen LogP contribution in [0.25, 0.3) is 11.0 Å². The third-order valence-electron chi connectivity index (χ3n) is 6.47. The molecule has 1 aliphatic carbocycles. The van der Waals surface area contributed by atoms with Crippen molar-refractivity contribution in [3.63, 3.8) is 0 Å². The van der Waals surface area contributed by atoms with Crippen molar-refractivity contribution in [2.45, 2.75) is 64.7 Å². The Morgan fingerprint density at radius 1 is 1.15 bits per heavy atom. The Labute approximate surface area is 196 Å². The van der Waals surface area contributed by atoms with Gasteiger partial charge in [0, 0.05) is 18.7 Å². The normalized spacial score (nSPS) is 14.9. The molecule has 1 aliphatic rings. The first-order valence-electron chi connectivity index (χ1n) is 11.8. The number of hydrogen-bond donors (Lipinski definition) is 0. The van der Waals surface area contributed by atoms with Gasteiger partial charge in [0.1, 0.15) is 11.6 Å². The van der Waals surface area contributed by atoms with Crippen LogP contribution < -0.4 is 0 Å². The second-order valence-corrected chi connectivity index (χ2v) is 9.42. The highest BCUT2D eigenvalue weighted by molar-refractivity contribution is 5.96. The van der Waals surface area contributed by atoms with Gasteiger partial charge in [-0.1, -0.05) is 38.8 Å². The number of benzene rings is 2. The van der Waals surface area contributed by atoms with Crippen molar-refractivity contribution in [1.82, 2.24) is 14.5 Å². The molecule has 1 amide bonds. The molecule has 1 fully saturated rings. The molecule has 4 rings (SSSR count). The molecule has 1 aromatic heterocycles. The molecule has 1 heterocycles. The summed E-state index contributed by atoms with van der Waals surface area (Å²) in [7, 11) is 0. The molecule has 182 valence electrons. The highest BCUT2D eigenvalue weighted by Gasteiger charge is 2.36. The first-order chi connectivity index (χ1) is 16.1. The topological polar surface area (TPSA) is 38.1 Å². The van der Waals surface area contributed by atoms with Gasteiger partial charge in [0.25, 0.3) is 5.91 Å². The maximum atomic E-state index is 13.9. The van der Waals surface area contributed by atoms with Gasteiger partial charge in [-0.3, -0.25) is 4.79 Å². The van der Waals surface area contributed by atoms with E-state index in [1.807, 2.05) is 13.8 Å². The Kier molecular flexibility index (Phi) is 6.96. The second-order valence-electron chi connectivity index (χ2n) is 9.42. The van der Waals surface area contributed by atoms with Crippen LogP contribution in [0.15, 0.2) is 42.5 Å². The minimum absolute atomic E-state index is 0.0601. The summed E-state index contributed by atoms with van der Waals surface area (Å²) in [6, 6.07) is 9.51. The Morgan fingerprint density at radius 2 is 1.85 bits per heavy atom. The molecule has 3 aromatic rings. The number of imidazole rings is 1. The van der Waals surface area contributed by atoms with Crippen molar-refractivity contribution in [1.29, 1.82) is 0 Å². The van der Waals surface area contributed by atoms with Gasteiger partial charge in [-0.05, 0) is 49.4 Å². The molecule has 8 heteroatoms. The fourth-order valence-corrected chi connectivity index (χ4v) is 4.73. The highest BCUT2D eigenvalue weighted by Crippen LogP contribution is 2.35. The van der Waals surface area contributed by atoms with Gasteiger partial charge in [0.15, 0.2) is 0 Å². The van der Waals surface area contributed by atoms with Crippen LogP contribution in [-0.4, -0.2) is 26.9 Å². The van der Waals surface area contributed by atoms with E-state index in [9.17, 15) is 22.4 Å². The zero-order valence-electron chi connectivity index (χ0n) is 19.4. The molecular formula is C26H29F4N3O. The molecule has 0 aliphatic heterocycles. The standard InChI is InChI=1S/C26H29F4N3O/c1-17(2)13-14-32(25(34)20-9-5-6-10-21(20)26(28,29)30)16-24-31-22-15-18(27)11-12-23(22)33(24)19-7-3-4-8-19/h5-6,9-12,15,17,19H,3-4,7-8,13-14,16H2,1-2H3. The third kappa shape index (κ3) is 5.10. The quantitative estimate of drug-likeness (QED) is 0.345. The number of carbonyl (C=O) groups is 1. The number of fused-ring (bicyclic) bond motifs is 1. The summed E-state index contributed by atoms with van der Waals surface area (Å²) in [5.41, 5.74) is -0.0293. The van der Waals surface area contributed by atoms with E-state index < -0.39 is 23.5 Å². The summed E-state index contributed by atoms with van der Waals surface area (Å²) in [5.74, 6) is -0.239. The van der Waals surface area contributed by atoms with E-state index in [2.05, 4.69) is 9.55 Å². The van der Waals surface area contributed by atoms with Gasteiger partial charge < -0.3 is 9.47 Å². The number of rotatable bonds is 7. The van der Waals surface area contributed by atoms with E-state index in [4.69, 9.17) is 0 Å². The Bertz CT molecular complexity index is 1160. The van der Waals surface area contributed by atoms with Gasteiger partial charge in [-0.2, -0.15) is 13.2 Å². The molecule has 0 spiro atoms. The Hall–Kier alpha value is -2.90. The van der Waals surface area contributed by atoms with Gasteiger partial charge in [-0.15, -0.1) is 0 Å². The van der Waals surface area contributed by atoms with Crippen LogP contribution in [0.3, 0.4) is 0 Å². The number of alkyl halides is 3. The molecular weight excluding hydrogens is 446 g/mol. The van der Waals surface area contributed by atoms with Gasteiger partial charge in [0.2, 0.25) is 0 Å². The van der Waals surface area contributed by atoms with Crippen molar-refractivity contribution < 1.29 is 22.4 Å². The summed E-state index contributed by atoms with van der Waals surface area (Å²) in [4.78, 5) is 19.6. The fourth-order valence-electron chi connectivity index (χ4n) is 4.73. The molecule has 2 aromatic carbocycles. The van der Waals surface area contributed by atoms with Crippen molar-refractivity contribution in [2.24, 2.45) is 5.92 Å². The van der Waals surface area contributed by atoms with E-state index >= 15 is 0 Å². The zero-order valence-corrected chi connectivity index (χ0v) is 19.4. The molecule has 0 saturated heterocycles. The maximum absolute atomic E-state index is 13.9. The SMILES string of the molecule is CC(C)CCN(Cc1nc2cc(F)ccc2n1C1CCCC1)C(=O)c1ccccc1C(F)(F)F. The number of aromatic nitrogens is 2. The minimum atomic E-state index is -4.63. The summed E-state index contributed by atoms with van der Waals surface area (Å²) in [6.45, 7) is 4.36. The highest BCUT2D eigenvalue weighted by atomic mass is 19.4. The third-order valence-corrected chi connectivity index (χ3v) is 6.47. The summed E-state index contributed by atoms with van der Waals surface area (Å²) in [5, 5.41) is 0. The van der Waals surface area contributed by atoms with E-state index in [1.54, 1.807) is 6.07 Å². The fraction of sp³-hybridized carbons (Fsp3) is 0.462. The van der Waals surface area contributed by atoms with E-state index in [0.717, 1.165) is 37.3 Å². The second kappa shape index (κ2) is 9.76. The van der Waals surface area contributed by atoms with Crippen LogP contribution in [-0.2, 0) is 12.7 Å². The number of halogens is 4. The van der Waals surface area contributed by atoms with Crippen molar-refractivity contribution in [3.05, 3.63) is 65.2 Å². The van der Waals surface area contributed by atoms with Crippen molar-refractivity contribution >= 4 is 16.9 Å². The minimum Gasteiger partial charge on any atom is -0.331 e. The predicted octanol–water partition coefficient (Wildman–Crippen LogP) is 7.00. The van der Waals surface area contributed by atoms with Crippen LogP contribution in [0.1, 0.15) is 73.7 Å². The van der Waals surface area contributed by atoms with E-state index in [0.29, 0.717) is 24.3 Å². The average Bonchev–Trinajstić information content (AvgIpc) is 3.42. The Balaban J connectivity index is 1.75. The van der Waals surface area contributed by atoms with Crippen LogP contribution in [0, 0.1) is 11.7 Å². The number of hydrogen-bond acceptors (Lipinski definition) is 2. The number of carbonyl (C=O) groups excluding carboxylic acids is 1. The molecule has 0 radical (unpaired) electrons. The predicted molar refractivity (Wildman–Crippen MR) is 123 cm³/mol. The first kappa shape index (κ1) is 24.2. The van der Waals surface area contributed by atoms with Crippen molar-refractivity contribution in [2.75, 3.05) is 6.54 Å². The molecule has 0 unspecified atom stereocenters. The number of nitrogens with zero attached hydrogens (tertiary/aromatic N) is 3. The lowest BCUT2D eigenvalue weighted by Gasteiger charge is -2.26. The van der Waals surface area contributed by atoms with E-state index in [1.165, 1.54) is 35.2 Å². The summed E-state index contributed by atoms with van der Waals surface area (Å²) >= 11 is 0. The molecule has 34 heavy (non-hydrogen) atoms. The Morgan fingerprint density at radius 3 is 2.53 bits per heavy atom.